The van der Waals surface area contributed by atoms with Crippen LogP contribution in [0.25, 0.3) is 11.2 Å². The Bertz CT molecular complexity index is 841. The first-order valence-corrected chi connectivity index (χ1v) is 7.31. The van der Waals surface area contributed by atoms with Crippen molar-refractivity contribution in [3.8, 4) is 0 Å². The highest BCUT2D eigenvalue weighted by atomic mass is 19.3. The maximum atomic E-state index is 12.6. The fraction of sp³-hybridized carbons (Fsp3) is 0.538. The van der Waals surface area contributed by atoms with Crippen LogP contribution in [0.4, 0.5) is 20.5 Å². The van der Waals surface area contributed by atoms with Crippen molar-refractivity contribution >= 4 is 22.9 Å². The zero-order valence-corrected chi connectivity index (χ0v) is 12.2. The number of nitrogens with zero attached hydrogens (tertiary/aromatic N) is 3. The van der Waals surface area contributed by atoms with E-state index in [4.69, 9.17) is 5.73 Å². The molecule has 23 heavy (non-hydrogen) atoms. The zero-order valence-electron chi connectivity index (χ0n) is 12.2. The third-order valence-corrected chi connectivity index (χ3v) is 3.88. The minimum atomic E-state index is -2.64. The van der Waals surface area contributed by atoms with Gasteiger partial charge in [0.25, 0.3) is 17.5 Å². The number of alkyl halides is 2. The highest BCUT2D eigenvalue weighted by Crippen LogP contribution is 2.30. The van der Waals surface area contributed by atoms with Crippen LogP contribution < -0.4 is 22.2 Å². The van der Waals surface area contributed by atoms with Crippen LogP contribution in [0.15, 0.2) is 9.59 Å². The molecule has 1 saturated carbocycles. The summed E-state index contributed by atoms with van der Waals surface area (Å²) in [6.07, 6.45) is 0.747. The number of nitrogen functional groups attached to an aromatic ring is 1. The number of aromatic amines is 1. The van der Waals surface area contributed by atoms with Crippen molar-refractivity contribution in [2.75, 3.05) is 17.6 Å². The monoisotopic (exact) mass is 326 g/mol. The maximum absolute atomic E-state index is 12.6. The first kappa shape index (κ1) is 15.4. The summed E-state index contributed by atoms with van der Waals surface area (Å²) in [5, 5.41) is 2.30. The van der Waals surface area contributed by atoms with E-state index in [0.29, 0.717) is 0 Å². The molecule has 2 heterocycles. The average Bonchev–Trinajstić information content (AvgIpc) is 2.99. The average molecular weight is 326 g/mol. The zero-order chi connectivity index (χ0) is 16.6. The molecule has 3 rings (SSSR count). The molecule has 124 valence electrons. The molecule has 10 heteroatoms. The molecule has 2 aromatic rings. The number of aromatic nitrogens is 4. The van der Waals surface area contributed by atoms with Crippen LogP contribution in [0, 0.1) is 0 Å². The van der Waals surface area contributed by atoms with E-state index in [9.17, 15) is 18.4 Å². The smallest absolute Gasteiger partial charge is 0.295 e. The predicted molar refractivity (Wildman–Crippen MR) is 80.8 cm³/mol. The summed E-state index contributed by atoms with van der Waals surface area (Å²) < 4.78 is 26.2. The summed E-state index contributed by atoms with van der Waals surface area (Å²) in [6, 6.07) is -0.145. The second kappa shape index (κ2) is 5.94. The van der Waals surface area contributed by atoms with Gasteiger partial charge < -0.3 is 11.1 Å². The third kappa shape index (κ3) is 2.88. The molecule has 2 aromatic heterocycles. The SMILES string of the molecule is Nc1nc2c(nc(NCC(F)F)c(=O)n2C2CCCC2)c(=O)[nH]1. The summed E-state index contributed by atoms with van der Waals surface area (Å²) >= 11 is 0. The van der Waals surface area contributed by atoms with E-state index >= 15 is 0 Å². The highest BCUT2D eigenvalue weighted by molar-refractivity contribution is 5.72. The van der Waals surface area contributed by atoms with E-state index in [1.807, 2.05) is 0 Å². The van der Waals surface area contributed by atoms with E-state index in [1.54, 1.807) is 0 Å². The second-order valence-corrected chi connectivity index (χ2v) is 5.47. The Morgan fingerprint density at radius 3 is 2.65 bits per heavy atom. The van der Waals surface area contributed by atoms with Crippen LogP contribution in [0.3, 0.4) is 0 Å². The highest BCUT2D eigenvalue weighted by Gasteiger charge is 2.24. The first-order valence-electron chi connectivity index (χ1n) is 7.31. The topological polar surface area (TPSA) is 119 Å². The van der Waals surface area contributed by atoms with Gasteiger partial charge >= 0.3 is 0 Å². The van der Waals surface area contributed by atoms with Crippen LogP contribution in [0.5, 0.6) is 0 Å². The maximum Gasteiger partial charge on any atom is 0.295 e. The molecule has 0 amide bonds. The molecule has 0 bridgehead atoms. The Hall–Kier alpha value is -2.52. The molecule has 0 unspecified atom stereocenters. The van der Waals surface area contributed by atoms with Crippen molar-refractivity contribution in [3.63, 3.8) is 0 Å². The normalized spacial score (nSPS) is 15.6. The lowest BCUT2D eigenvalue weighted by molar-refractivity contribution is 0.163. The van der Waals surface area contributed by atoms with Gasteiger partial charge in [0.2, 0.25) is 5.95 Å². The molecule has 4 N–H and O–H groups in total. The van der Waals surface area contributed by atoms with Gasteiger partial charge in [-0.3, -0.25) is 19.1 Å². The van der Waals surface area contributed by atoms with Crippen molar-refractivity contribution < 1.29 is 8.78 Å². The van der Waals surface area contributed by atoms with Gasteiger partial charge in [-0.2, -0.15) is 4.98 Å². The number of fused-ring (bicyclic) bond motifs is 1. The molecular formula is C13H16F2N6O2. The van der Waals surface area contributed by atoms with E-state index in [2.05, 4.69) is 20.3 Å². The van der Waals surface area contributed by atoms with Gasteiger partial charge in [-0.05, 0) is 12.8 Å². The lowest BCUT2D eigenvalue weighted by atomic mass is 10.2. The van der Waals surface area contributed by atoms with Crippen LogP contribution >= 0.6 is 0 Å². The summed E-state index contributed by atoms with van der Waals surface area (Å²) in [4.78, 5) is 34.8. The molecule has 1 aliphatic rings. The number of nitrogens with two attached hydrogens (primary N) is 1. The molecule has 0 aromatic carbocycles. The van der Waals surface area contributed by atoms with Crippen LogP contribution in [-0.2, 0) is 0 Å². The Kier molecular flexibility index (Phi) is 3.97. The standard InChI is InChI=1S/C13H16F2N6O2/c14-7(15)5-17-9-12(23)21(6-3-1-2-4-6)10-8(18-9)11(22)20-13(16)19-10/h6-7H,1-5H2,(H,17,18)(H3,16,19,20,22). The van der Waals surface area contributed by atoms with Crippen molar-refractivity contribution in [2.24, 2.45) is 0 Å². The molecule has 0 aliphatic heterocycles. The van der Waals surface area contributed by atoms with E-state index in [0.717, 1.165) is 25.7 Å². The Morgan fingerprint density at radius 1 is 1.30 bits per heavy atom. The first-order chi connectivity index (χ1) is 11.0. The minimum Gasteiger partial charge on any atom is -0.369 e. The fourth-order valence-electron chi connectivity index (χ4n) is 2.90. The van der Waals surface area contributed by atoms with Gasteiger partial charge in [-0.15, -0.1) is 0 Å². The number of nitrogens with one attached hydrogen (secondary N) is 2. The van der Waals surface area contributed by atoms with Gasteiger partial charge in [-0.25, -0.2) is 13.8 Å². The second-order valence-electron chi connectivity index (χ2n) is 5.47. The molecule has 1 aliphatic carbocycles. The number of halogens is 2. The Balaban J connectivity index is 2.24. The number of rotatable bonds is 4. The number of H-pyrrole nitrogens is 1. The Morgan fingerprint density at radius 2 is 2.00 bits per heavy atom. The van der Waals surface area contributed by atoms with Gasteiger partial charge in [0.05, 0.1) is 6.54 Å². The predicted octanol–water partition coefficient (Wildman–Crippen LogP) is 0.854. The molecule has 0 spiro atoms. The van der Waals surface area contributed by atoms with Crippen LogP contribution in [0.2, 0.25) is 0 Å². The number of anilines is 2. The minimum absolute atomic E-state index is 0.0887. The van der Waals surface area contributed by atoms with E-state index in [-0.39, 0.29) is 29.0 Å². The van der Waals surface area contributed by atoms with Crippen molar-refractivity contribution in [1.82, 2.24) is 19.5 Å². The third-order valence-electron chi connectivity index (χ3n) is 3.88. The molecule has 8 nitrogen and oxygen atoms in total. The van der Waals surface area contributed by atoms with Crippen LogP contribution in [0.1, 0.15) is 31.7 Å². The molecule has 0 saturated heterocycles. The molecule has 0 radical (unpaired) electrons. The van der Waals surface area contributed by atoms with Gasteiger partial charge in [-0.1, -0.05) is 12.8 Å². The van der Waals surface area contributed by atoms with Gasteiger partial charge in [0.1, 0.15) is 0 Å². The summed E-state index contributed by atoms with van der Waals surface area (Å²) in [7, 11) is 0. The summed E-state index contributed by atoms with van der Waals surface area (Å²) in [5.41, 5.74) is 4.37. The molecular weight excluding hydrogens is 310 g/mol. The van der Waals surface area contributed by atoms with Crippen molar-refractivity contribution in [2.45, 2.75) is 38.2 Å². The van der Waals surface area contributed by atoms with E-state index in [1.165, 1.54) is 4.57 Å². The van der Waals surface area contributed by atoms with Gasteiger partial charge in [0.15, 0.2) is 17.0 Å². The lowest BCUT2D eigenvalue weighted by Gasteiger charge is -2.17. The van der Waals surface area contributed by atoms with Crippen molar-refractivity contribution in [1.29, 1.82) is 0 Å². The van der Waals surface area contributed by atoms with Crippen LogP contribution in [-0.4, -0.2) is 32.5 Å². The lowest BCUT2D eigenvalue weighted by Crippen LogP contribution is -2.31. The summed E-state index contributed by atoms with van der Waals surface area (Å²) in [6.45, 7) is -0.723. The largest absolute Gasteiger partial charge is 0.369 e. The van der Waals surface area contributed by atoms with Gasteiger partial charge in [0, 0.05) is 6.04 Å². The summed E-state index contributed by atoms with van der Waals surface area (Å²) in [5.74, 6) is -0.398. The number of hydrogen-bond donors (Lipinski definition) is 3. The molecule has 1 fully saturated rings. The number of hydrogen-bond acceptors (Lipinski definition) is 6. The van der Waals surface area contributed by atoms with E-state index < -0.39 is 24.1 Å². The molecule has 0 atom stereocenters. The Labute approximate surface area is 128 Å². The fourth-order valence-corrected chi connectivity index (χ4v) is 2.90. The quantitative estimate of drug-likeness (QED) is 0.766. The van der Waals surface area contributed by atoms with Crippen molar-refractivity contribution in [3.05, 3.63) is 20.7 Å².